The van der Waals surface area contributed by atoms with Crippen LogP contribution < -0.4 is 0 Å². The SMILES string of the molecule is CC1=C[C](C)([V][C]2(C)C=CC(C)=C2)C=C1. The van der Waals surface area contributed by atoms with Crippen molar-refractivity contribution in [1.29, 1.82) is 0 Å². The van der Waals surface area contributed by atoms with Crippen molar-refractivity contribution in [2.45, 2.75) is 35.9 Å². The first kappa shape index (κ1) is 11.0. The second-order valence-electron chi connectivity index (χ2n) is 5.01. The van der Waals surface area contributed by atoms with Gasteiger partial charge >= 0.3 is 99.8 Å². The van der Waals surface area contributed by atoms with E-state index in [2.05, 4.69) is 64.2 Å². The van der Waals surface area contributed by atoms with Crippen LogP contribution in [0, 0.1) is 0 Å². The molecule has 79 valence electrons. The van der Waals surface area contributed by atoms with Gasteiger partial charge in [0.2, 0.25) is 0 Å². The van der Waals surface area contributed by atoms with Crippen LogP contribution >= 0.6 is 0 Å². The van der Waals surface area contributed by atoms with E-state index in [4.69, 9.17) is 0 Å². The van der Waals surface area contributed by atoms with Crippen molar-refractivity contribution in [3.8, 4) is 0 Å². The molecule has 2 unspecified atom stereocenters. The molecule has 0 saturated carbocycles. The van der Waals surface area contributed by atoms with E-state index in [1.807, 2.05) is 0 Å². The topological polar surface area (TPSA) is 0 Å². The fourth-order valence-corrected chi connectivity index (χ4v) is 5.30. The second-order valence-corrected chi connectivity index (χ2v) is 8.37. The van der Waals surface area contributed by atoms with Crippen LogP contribution in [-0.2, 0) is 16.3 Å². The third-order valence-corrected chi connectivity index (χ3v) is 5.26. The van der Waals surface area contributed by atoms with Gasteiger partial charge in [0.1, 0.15) is 0 Å². The number of hydrogen-bond donors (Lipinski definition) is 0. The number of rotatable bonds is 2. The normalized spacial score (nSPS) is 38.1. The van der Waals surface area contributed by atoms with Crippen molar-refractivity contribution < 1.29 is 16.3 Å². The van der Waals surface area contributed by atoms with E-state index < -0.39 is 0 Å². The third kappa shape index (κ3) is 2.38. The molecule has 0 N–H and O–H groups in total. The summed E-state index contributed by atoms with van der Waals surface area (Å²) in [6.45, 7) is 9.11. The molecule has 15 heavy (non-hydrogen) atoms. The summed E-state index contributed by atoms with van der Waals surface area (Å²) in [7, 11) is 0. The van der Waals surface area contributed by atoms with Crippen LogP contribution in [0.4, 0.5) is 0 Å². The summed E-state index contributed by atoms with van der Waals surface area (Å²) in [5, 5.41) is 0. The summed E-state index contributed by atoms with van der Waals surface area (Å²) in [5.41, 5.74) is 2.83. The first-order valence-electron chi connectivity index (χ1n) is 5.42. The van der Waals surface area contributed by atoms with Gasteiger partial charge < -0.3 is 0 Å². The van der Waals surface area contributed by atoms with Crippen molar-refractivity contribution in [3.63, 3.8) is 0 Å². The molecule has 1 heteroatoms. The van der Waals surface area contributed by atoms with Crippen molar-refractivity contribution in [3.05, 3.63) is 47.6 Å². The number of hydrogen-bond acceptors (Lipinski definition) is 0. The molecule has 0 aliphatic heterocycles. The summed E-state index contributed by atoms with van der Waals surface area (Å²) in [6.07, 6.45) is 14.1. The van der Waals surface area contributed by atoms with Crippen LogP contribution in [0.5, 0.6) is 0 Å². The van der Waals surface area contributed by atoms with Gasteiger partial charge in [-0.3, -0.25) is 0 Å². The minimum atomic E-state index is 0.232. The maximum atomic E-state index is 2.42. The van der Waals surface area contributed by atoms with E-state index in [0.717, 1.165) is 0 Å². The zero-order valence-corrected chi connectivity index (χ0v) is 11.3. The molecule has 0 saturated heterocycles. The fourth-order valence-electron chi connectivity index (χ4n) is 2.37. The summed E-state index contributed by atoms with van der Waals surface area (Å²) in [4.78, 5) is 0. The Labute approximate surface area is 99.9 Å². The van der Waals surface area contributed by atoms with E-state index in [9.17, 15) is 0 Å². The molecule has 0 fully saturated rings. The van der Waals surface area contributed by atoms with Gasteiger partial charge in [0.15, 0.2) is 0 Å². The van der Waals surface area contributed by atoms with Crippen LogP contribution in [0.25, 0.3) is 0 Å². The average Bonchev–Trinajstić information content (AvgIpc) is 2.57. The Balaban J connectivity index is 2.18. The van der Waals surface area contributed by atoms with Crippen LogP contribution in [-0.4, -0.2) is 0 Å². The van der Waals surface area contributed by atoms with Gasteiger partial charge in [-0.25, -0.2) is 0 Å². The molecule has 2 aliphatic rings. The zero-order valence-electron chi connectivity index (χ0n) is 9.91. The fraction of sp³-hybridized carbons (Fsp3) is 0.429. The molecule has 0 heterocycles. The van der Waals surface area contributed by atoms with Crippen molar-refractivity contribution in [2.24, 2.45) is 0 Å². The van der Waals surface area contributed by atoms with E-state index in [-0.39, 0.29) is 16.3 Å². The monoisotopic (exact) mass is 237 g/mol. The molecule has 0 aromatic heterocycles. The first-order chi connectivity index (χ1) is 6.91. The van der Waals surface area contributed by atoms with Crippen molar-refractivity contribution in [2.75, 3.05) is 0 Å². The van der Waals surface area contributed by atoms with E-state index in [0.29, 0.717) is 8.25 Å². The van der Waals surface area contributed by atoms with Crippen LogP contribution in [0.2, 0.25) is 8.25 Å². The Bertz CT molecular complexity index is 360. The molecule has 0 radical (unpaired) electrons. The third-order valence-electron chi connectivity index (χ3n) is 2.89. The summed E-state index contributed by atoms with van der Waals surface area (Å²) in [5.74, 6) is 0. The molecule has 0 nitrogen and oxygen atoms in total. The van der Waals surface area contributed by atoms with Gasteiger partial charge in [-0.2, -0.15) is 0 Å². The van der Waals surface area contributed by atoms with Crippen LogP contribution in [0.3, 0.4) is 0 Å². The minimum absolute atomic E-state index is 0.232. The molecule has 0 amide bonds. The standard InChI is InChI=1S/2C7H9.V/c2*1-6-3-4-7(2)5-6;/h2*3-5H,1-2H3;. The maximum absolute atomic E-state index is 2.42. The molecule has 0 bridgehead atoms. The Kier molecular flexibility index (Phi) is 2.60. The van der Waals surface area contributed by atoms with E-state index in [1.54, 1.807) is 0 Å². The summed E-state index contributed by atoms with van der Waals surface area (Å²) in [6, 6.07) is 0. The van der Waals surface area contributed by atoms with Crippen LogP contribution in [0.15, 0.2) is 47.6 Å². The average molecular weight is 237 g/mol. The van der Waals surface area contributed by atoms with E-state index >= 15 is 0 Å². The summed E-state index contributed by atoms with van der Waals surface area (Å²) >= 11 is 0.232. The number of allylic oxidation sites excluding steroid dienone is 8. The van der Waals surface area contributed by atoms with Crippen molar-refractivity contribution in [1.82, 2.24) is 0 Å². The second kappa shape index (κ2) is 3.54. The van der Waals surface area contributed by atoms with Gasteiger partial charge in [0, 0.05) is 0 Å². The first-order valence-corrected chi connectivity index (χ1v) is 6.82. The molecule has 0 aromatic carbocycles. The predicted molar refractivity (Wildman–Crippen MR) is 62.5 cm³/mol. The van der Waals surface area contributed by atoms with Gasteiger partial charge in [-0.05, 0) is 0 Å². The Morgan fingerprint density at radius 1 is 0.867 bits per heavy atom. The van der Waals surface area contributed by atoms with Gasteiger partial charge in [0.25, 0.3) is 0 Å². The van der Waals surface area contributed by atoms with Crippen molar-refractivity contribution >= 4 is 0 Å². The Hall–Kier alpha value is -0.456. The summed E-state index contributed by atoms with van der Waals surface area (Å²) < 4.78 is 0.668. The molecule has 0 aromatic rings. The molecule has 2 aliphatic carbocycles. The zero-order chi connectivity index (χ0) is 11.1. The van der Waals surface area contributed by atoms with Gasteiger partial charge in [-0.15, -0.1) is 0 Å². The molecule has 2 rings (SSSR count). The molecular formula is C14H18V. The van der Waals surface area contributed by atoms with Gasteiger partial charge in [0.05, 0.1) is 0 Å². The Morgan fingerprint density at radius 3 is 1.53 bits per heavy atom. The Morgan fingerprint density at radius 2 is 1.27 bits per heavy atom. The van der Waals surface area contributed by atoms with Gasteiger partial charge in [-0.1, -0.05) is 0 Å². The predicted octanol–water partition coefficient (Wildman–Crippen LogP) is 4.46. The quantitative estimate of drug-likeness (QED) is 0.665. The molecule has 2 atom stereocenters. The van der Waals surface area contributed by atoms with Crippen LogP contribution in [0.1, 0.15) is 27.7 Å². The van der Waals surface area contributed by atoms with E-state index in [1.165, 1.54) is 11.1 Å². The molecular weight excluding hydrogens is 219 g/mol. The molecule has 0 spiro atoms.